The standard InChI is InChI=1S/C10H18F3N3O/c1-2-16(6-10(11,12)13)5-9(15,8(14)17)7-3-4-7/h7H,2-6,15H2,1H3,(H2,14,17). The zero-order valence-corrected chi connectivity index (χ0v) is 9.76. The predicted molar refractivity (Wildman–Crippen MR) is 57.0 cm³/mol. The third kappa shape index (κ3) is 3.85. The van der Waals surface area contributed by atoms with Crippen LogP contribution in [0.1, 0.15) is 19.8 Å². The summed E-state index contributed by atoms with van der Waals surface area (Å²) in [5.74, 6) is -0.803. The molecule has 0 aliphatic heterocycles. The Balaban J connectivity index is 2.67. The molecule has 1 atom stereocenters. The van der Waals surface area contributed by atoms with Crippen molar-refractivity contribution >= 4 is 5.91 Å². The first-order chi connectivity index (χ1) is 7.69. The van der Waals surface area contributed by atoms with Gasteiger partial charge in [-0.3, -0.25) is 9.69 Å². The Morgan fingerprint density at radius 3 is 2.18 bits per heavy atom. The molecule has 7 heteroatoms. The molecule has 1 unspecified atom stereocenters. The molecule has 1 aliphatic rings. The summed E-state index contributed by atoms with van der Waals surface area (Å²) in [5.41, 5.74) is 9.73. The summed E-state index contributed by atoms with van der Waals surface area (Å²) < 4.78 is 36.9. The van der Waals surface area contributed by atoms with E-state index in [1.54, 1.807) is 6.92 Å². The molecule has 0 radical (unpaired) electrons. The van der Waals surface area contributed by atoms with Gasteiger partial charge in [-0.2, -0.15) is 13.2 Å². The number of hydrogen-bond donors (Lipinski definition) is 2. The molecule has 0 aromatic carbocycles. The van der Waals surface area contributed by atoms with Gasteiger partial charge in [0.05, 0.1) is 6.54 Å². The molecule has 4 nitrogen and oxygen atoms in total. The molecule has 0 spiro atoms. The summed E-state index contributed by atoms with van der Waals surface area (Å²) in [6.07, 6.45) is -2.79. The SMILES string of the molecule is CCN(CC(F)(F)F)CC(N)(C(N)=O)C1CC1. The molecule has 0 saturated heterocycles. The Hall–Kier alpha value is -0.820. The number of primary amides is 1. The van der Waals surface area contributed by atoms with E-state index in [1.807, 2.05) is 0 Å². The van der Waals surface area contributed by atoms with E-state index in [0.717, 1.165) is 17.7 Å². The van der Waals surface area contributed by atoms with Gasteiger partial charge in [0.25, 0.3) is 0 Å². The zero-order valence-electron chi connectivity index (χ0n) is 9.76. The molecule has 1 amide bonds. The average molecular weight is 253 g/mol. The number of carbonyl (C=O) groups is 1. The van der Waals surface area contributed by atoms with Crippen LogP contribution in [0.15, 0.2) is 0 Å². The Labute approximate surface area is 98.1 Å². The minimum atomic E-state index is -4.29. The van der Waals surface area contributed by atoms with Crippen LogP contribution in [0.2, 0.25) is 0 Å². The smallest absolute Gasteiger partial charge is 0.368 e. The van der Waals surface area contributed by atoms with E-state index < -0.39 is 24.2 Å². The van der Waals surface area contributed by atoms with Crippen molar-refractivity contribution in [2.45, 2.75) is 31.5 Å². The highest BCUT2D eigenvalue weighted by molar-refractivity contribution is 5.85. The molecule has 4 N–H and O–H groups in total. The maximum atomic E-state index is 12.3. The van der Waals surface area contributed by atoms with Gasteiger partial charge < -0.3 is 11.5 Å². The number of rotatable bonds is 6. The van der Waals surface area contributed by atoms with Crippen molar-refractivity contribution in [3.05, 3.63) is 0 Å². The number of hydrogen-bond acceptors (Lipinski definition) is 3. The highest BCUT2D eigenvalue weighted by atomic mass is 19.4. The fraction of sp³-hybridized carbons (Fsp3) is 0.900. The second kappa shape index (κ2) is 4.81. The molecular weight excluding hydrogens is 235 g/mol. The van der Waals surface area contributed by atoms with Crippen LogP contribution < -0.4 is 11.5 Å². The lowest BCUT2D eigenvalue weighted by molar-refractivity contribution is -0.149. The summed E-state index contributed by atoms with van der Waals surface area (Å²) in [7, 11) is 0. The first-order valence-electron chi connectivity index (χ1n) is 5.57. The van der Waals surface area contributed by atoms with Gasteiger partial charge in [-0.1, -0.05) is 6.92 Å². The second-order valence-electron chi connectivity index (χ2n) is 4.60. The van der Waals surface area contributed by atoms with Crippen LogP contribution in [0.3, 0.4) is 0 Å². The quantitative estimate of drug-likeness (QED) is 0.722. The van der Waals surface area contributed by atoms with Crippen molar-refractivity contribution in [2.75, 3.05) is 19.6 Å². The van der Waals surface area contributed by atoms with Crippen molar-refractivity contribution in [2.24, 2.45) is 17.4 Å². The molecule has 0 heterocycles. The minimum absolute atomic E-state index is 0.0812. The summed E-state index contributed by atoms with van der Waals surface area (Å²) in [5, 5.41) is 0. The summed E-state index contributed by atoms with van der Waals surface area (Å²) in [6, 6.07) is 0. The lowest BCUT2D eigenvalue weighted by atomic mass is 9.93. The fourth-order valence-electron chi connectivity index (χ4n) is 1.91. The highest BCUT2D eigenvalue weighted by Gasteiger charge is 2.48. The Morgan fingerprint density at radius 1 is 1.35 bits per heavy atom. The molecule has 17 heavy (non-hydrogen) atoms. The van der Waals surface area contributed by atoms with Crippen molar-refractivity contribution in [3.63, 3.8) is 0 Å². The predicted octanol–water partition coefficient (Wildman–Crippen LogP) is 0.463. The van der Waals surface area contributed by atoms with Gasteiger partial charge in [0, 0.05) is 6.54 Å². The van der Waals surface area contributed by atoms with Crippen LogP contribution >= 0.6 is 0 Å². The number of amides is 1. The maximum Gasteiger partial charge on any atom is 0.401 e. The number of carbonyl (C=O) groups excluding carboxylic acids is 1. The molecule has 1 aliphatic carbocycles. The first-order valence-corrected chi connectivity index (χ1v) is 5.57. The van der Waals surface area contributed by atoms with Crippen LogP contribution in [0.25, 0.3) is 0 Å². The zero-order chi connectivity index (χ0) is 13.3. The van der Waals surface area contributed by atoms with E-state index in [4.69, 9.17) is 11.5 Å². The fourth-order valence-corrected chi connectivity index (χ4v) is 1.91. The van der Waals surface area contributed by atoms with E-state index in [1.165, 1.54) is 0 Å². The number of nitrogens with zero attached hydrogens (tertiary/aromatic N) is 1. The van der Waals surface area contributed by atoms with Crippen LogP contribution in [-0.4, -0.2) is 42.2 Å². The van der Waals surface area contributed by atoms with E-state index in [-0.39, 0.29) is 19.0 Å². The van der Waals surface area contributed by atoms with Crippen molar-refractivity contribution in [3.8, 4) is 0 Å². The van der Waals surface area contributed by atoms with Crippen molar-refractivity contribution in [1.29, 1.82) is 0 Å². The molecule has 0 aromatic heterocycles. The molecular formula is C10H18F3N3O. The highest BCUT2D eigenvalue weighted by Crippen LogP contribution is 2.38. The molecule has 0 bridgehead atoms. The lowest BCUT2D eigenvalue weighted by Gasteiger charge is -2.33. The maximum absolute atomic E-state index is 12.3. The Morgan fingerprint density at radius 2 is 1.88 bits per heavy atom. The monoisotopic (exact) mass is 253 g/mol. The van der Waals surface area contributed by atoms with Gasteiger partial charge >= 0.3 is 6.18 Å². The van der Waals surface area contributed by atoms with Crippen LogP contribution in [-0.2, 0) is 4.79 Å². The van der Waals surface area contributed by atoms with Gasteiger partial charge in [-0.15, -0.1) is 0 Å². The number of likely N-dealkylation sites (N-methyl/N-ethyl adjacent to an activating group) is 1. The molecule has 0 aromatic rings. The minimum Gasteiger partial charge on any atom is -0.368 e. The molecule has 1 rings (SSSR count). The number of halogens is 3. The number of nitrogens with two attached hydrogens (primary N) is 2. The summed E-state index contributed by atoms with van der Waals surface area (Å²) in [4.78, 5) is 12.4. The van der Waals surface area contributed by atoms with E-state index in [0.29, 0.717) is 0 Å². The third-order valence-electron chi connectivity index (χ3n) is 3.10. The van der Waals surface area contributed by atoms with Crippen LogP contribution in [0, 0.1) is 5.92 Å². The molecule has 1 fully saturated rings. The normalized spacial score (nSPS) is 20.4. The molecule has 1 saturated carbocycles. The van der Waals surface area contributed by atoms with E-state index >= 15 is 0 Å². The van der Waals surface area contributed by atoms with Gasteiger partial charge in [-0.25, -0.2) is 0 Å². The lowest BCUT2D eigenvalue weighted by Crippen LogP contribution is -2.61. The van der Waals surface area contributed by atoms with Crippen LogP contribution in [0.4, 0.5) is 13.2 Å². The summed E-state index contributed by atoms with van der Waals surface area (Å²) in [6.45, 7) is 0.573. The summed E-state index contributed by atoms with van der Waals surface area (Å²) >= 11 is 0. The Kier molecular flexibility index (Phi) is 4.03. The Bertz CT molecular complexity index is 291. The largest absolute Gasteiger partial charge is 0.401 e. The van der Waals surface area contributed by atoms with Gasteiger partial charge in [0.15, 0.2) is 0 Å². The van der Waals surface area contributed by atoms with Gasteiger partial charge in [0.2, 0.25) is 5.91 Å². The van der Waals surface area contributed by atoms with Gasteiger partial charge in [0.1, 0.15) is 5.54 Å². The van der Waals surface area contributed by atoms with E-state index in [9.17, 15) is 18.0 Å². The second-order valence-corrected chi connectivity index (χ2v) is 4.60. The average Bonchev–Trinajstić information content (AvgIpc) is 2.97. The van der Waals surface area contributed by atoms with E-state index in [2.05, 4.69) is 0 Å². The number of alkyl halides is 3. The van der Waals surface area contributed by atoms with Crippen molar-refractivity contribution < 1.29 is 18.0 Å². The topological polar surface area (TPSA) is 72.3 Å². The third-order valence-corrected chi connectivity index (χ3v) is 3.10. The van der Waals surface area contributed by atoms with Crippen molar-refractivity contribution in [1.82, 2.24) is 4.90 Å². The molecule has 100 valence electrons. The van der Waals surface area contributed by atoms with Crippen LogP contribution in [0.5, 0.6) is 0 Å². The first kappa shape index (κ1) is 14.2. The van der Waals surface area contributed by atoms with Gasteiger partial charge in [-0.05, 0) is 25.3 Å².